The second-order valence-corrected chi connectivity index (χ2v) is 12.4. The molecule has 0 radical (unpaired) electrons. The van der Waals surface area contributed by atoms with Crippen LogP contribution >= 0.6 is 0 Å². The number of primary amides is 1. The Morgan fingerprint density at radius 3 is 2.19 bits per heavy atom. The van der Waals surface area contributed by atoms with E-state index in [0.717, 1.165) is 22.3 Å². The molecular formula is C35H30N2O10. The molecule has 0 saturated carbocycles. The van der Waals surface area contributed by atoms with Gasteiger partial charge < -0.3 is 36.0 Å². The topological polar surface area (TPSA) is 217 Å². The monoisotopic (exact) mass is 638 g/mol. The van der Waals surface area contributed by atoms with Crippen molar-refractivity contribution >= 4 is 29.3 Å². The lowest BCUT2D eigenvalue weighted by atomic mass is 9.56. The lowest BCUT2D eigenvalue weighted by molar-refractivity contribution is -0.154. The quantitative estimate of drug-likeness (QED) is 0.163. The Morgan fingerprint density at radius 1 is 0.957 bits per heavy atom. The fraction of sp³-hybridized carbons (Fsp3) is 0.257. The maximum absolute atomic E-state index is 13.9. The second kappa shape index (κ2) is 10.5. The number of benzene rings is 3. The molecule has 4 aliphatic carbocycles. The molecule has 12 heteroatoms. The standard InChI is InChI=1S/C35H30N2O10/c1-14-15-10-11-22(37-34(45)47-13-20-18-8-4-2-6-16(18)17-7-3-5-9-19(17)20)29(40)25(15)30(41)27-24(14)28(39)21-12-23(38)26(33(36)44)31(42)35(21,46)32(27)43/h2-11,14,20-21,24,28,38-40,43,46H,12-13H2,1H3,(H2,36,44)(H,37,45)/t14-,21+,24+,28+,35+/m0/s1. The van der Waals surface area contributed by atoms with E-state index in [4.69, 9.17) is 10.5 Å². The van der Waals surface area contributed by atoms with Crippen LogP contribution in [0.4, 0.5) is 10.5 Å². The van der Waals surface area contributed by atoms with E-state index in [-0.39, 0.29) is 29.3 Å². The molecule has 4 aliphatic rings. The molecule has 12 nitrogen and oxygen atoms in total. The summed E-state index contributed by atoms with van der Waals surface area (Å²) in [5, 5.41) is 58.3. The molecule has 0 saturated heterocycles. The molecule has 3 aromatic carbocycles. The highest BCUT2D eigenvalue weighted by molar-refractivity contribution is 6.24. The predicted molar refractivity (Wildman–Crippen MR) is 166 cm³/mol. The first-order valence-corrected chi connectivity index (χ1v) is 15.0. The van der Waals surface area contributed by atoms with Crippen molar-refractivity contribution in [2.75, 3.05) is 11.9 Å². The van der Waals surface area contributed by atoms with Crippen LogP contribution in [0.3, 0.4) is 0 Å². The van der Waals surface area contributed by atoms with E-state index in [0.29, 0.717) is 0 Å². The number of allylic oxidation sites excluding steroid dienone is 1. The minimum Gasteiger partial charge on any atom is -0.511 e. The summed E-state index contributed by atoms with van der Waals surface area (Å²) in [4.78, 5) is 52.1. The van der Waals surface area contributed by atoms with E-state index in [1.54, 1.807) is 6.92 Å². The van der Waals surface area contributed by atoms with E-state index >= 15 is 0 Å². The van der Waals surface area contributed by atoms with Crippen LogP contribution in [0.25, 0.3) is 11.1 Å². The molecule has 0 spiro atoms. The molecule has 0 heterocycles. The summed E-state index contributed by atoms with van der Waals surface area (Å²) in [5.74, 6) is -9.97. The van der Waals surface area contributed by atoms with Crippen LogP contribution in [0.15, 0.2) is 83.3 Å². The average Bonchev–Trinajstić information content (AvgIpc) is 3.36. The van der Waals surface area contributed by atoms with Crippen molar-refractivity contribution in [1.29, 1.82) is 0 Å². The summed E-state index contributed by atoms with van der Waals surface area (Å²) in [7, 11) is 0. The van der Waals surface area contributed by atoms with Gasteiger partial charge in [0.25, 0.3) is 5.91 Å². The Bertz CT molecular complexity index is 1950. The smallest absolute Gasteiger partial charge is 0.411 e. The summed E-state index contributed by atoms with van der Waals surface area (Å²) in [6.45, 7) is 1.61. The number of aromatic hydroxyl groups is 1. The molecular weight excluding hydrogens is 608 g/mol. The highest BCUT2D eigenvalue weighted by Crippen LogP contribution is 2.55. The largest absolute Gasteiger partial charge is 0.511 e. The van der Waals surface area contributed by atoms with Crippen molar-refractivity contribution in [3.63, 3.8) is 0 Å². The lowest BCUT2D eigenvalue weighted by Gasteiger charge is -2.50. The van der Waals surface area contributed by atoms with Gasteiger partial charge in [0.2, 0.25) is 5.78 Å². The summed E-state index contributed by atoms with van der Waals surface area (Å²) in [5.41, 5.74) is 4.68. The van der Waals surface area contributed by atoms with Gasteiger partial charge in [0.1, 0.15) is 23.7 Å². The number of amides is 2. The Morgan fingerprint density at radius 2 is 1.57 bits per heavy atom. The molecule has 7 rings (SSSR count). The minimum absolute atomic E-state index is 0.00702. The average molecular weight is 639 g/mol. The van der Waals surface area contributed by atoms with Gasteiger partial charge in [0.15, 0.2) is 17.1 Å². The van der Waals surface area contributed by atoms with Gasteiger partial charge in [-0.25, -0.2) is 4.79 Å². The van der Waals surface area contributed by atoms with Crippen LogP contribution < -0.4 is 11.1 Å². The summed E-state index contributed by atoms with van der Waals surface area (Å²) in [6, 6.07) is 18.5. The van der Waals surface area contributed by atoms with E-state index in [1.165, 1.54) is 12.1 Å². The number of anilines is 1. The Hall–Kier alpha value is -5.46. The van der Waals surface area contributed by atoms with E-state index in [1.807, 2.05) is 48.5 Å². The van der Waals surface area contributed by atoms with E-state index in [9.17, 15) is 44.7 Å². The fourth-order valence-electron chi connectivity index (χ4n) is 7.84. The number of hydrogen-bond acceptors (Lipinski definition) is 10. The molecule has 3 aromatic rings. The lowest BCUT2D eigenvalue weighted by Crippen LogP contribution is -2.62. The van der Waals surface area contributed by atoms with Gasteiger partial charge in [-0.3, -0.25) is 19.7 Å². The van der Waals surface area contributed by atoms with E-state index < -0.39 is 87.9 Å². The van der Waals surface area contributed by atoms with Crippen molar-refractivity contribution < 1.29 is 49.4 Å². The number of carbonyl (C=O) groups is 4. The Balaban J connectivity index is 1.19. The third-order valence-corrected chi connectivity index (χ3v) is 10.1. The molecule has 0 aromatic heterocycles. The molecule has 240 valence electrons. The SMILES string of the molecule is C[C@H]1c2ccc(NC(=O)OCC3c4ccccc4-c4ccccc43)c(O)c2C(=O)C2=C(O)[C@]3(O)C(=O)C(C(N)=O)=C(O)C[C@@H]3[C@@H](O)[C@@H]21. The normalized spacial score (nSPS) is 26.2. The van der Waals surface area contributed by atoms with Crippen LogP contribution in [0, 0.1) is 11.8 Å². The van der Waals surface area contributed by atoms with Gasteiger partial charge in [-0.15, -0.1) is 0 Å². The van der Waals surface area contributed by atoms with Crippen LogP contribution in [0.5, 0.6) is 5.75 Å². The van der Waals surface area contributed by atoms with Crippen LogP contribution in [0.2, 0.25) is 0 Å². The molecule has 5 atom stereocenters. The first-order valence-electron chi connectivity index (χ1n) is 15.0. The number of phenols is 1. The van der Waals surface area contributed by atoms with Crippen molar-refractivity contribution in [3.05, 3.63) is 106 Å². The third kappa shape index (κ3) is 4.14. The number of hydrogen-bond donors (Lipinski definition) is 7. The molecule has 8 N–H and O–H groups in total. The van der Waals surface area contributed by atoms with Crippen LogP contribution in [-0.4, -0.2) is 67.4 Å². The number of aliphatic hydroxyl groups excluding tert-OH is 3. The third-order valence-electron chi connectivity index (χ3n) is 10.1. The Labute approximate surface area is 267 Å². The number of ether oxygens (including phenoxy) is 1. The van der Waals surface area contributed by atoms with Gasteiger partial charge in [-0.2, -0.15) is 0 Å². The number of aliphatic hydroxyl groups is 4. The summed E-state index contributed by atoms with van der Waals surface area (Å²) in [6.07, 6.45) is -3.11. The van der Waals surface area contributed by atoms with E-state index in [2.05, 4.69) is 5.32 Å². The highest BCUT2D eigenvalue weighted by atomic mass is 16.5. The van der Waals surface area contributed by atoms with Crippen molar-refractivity contribution in [3.8, 4) is 16.9 Å². The molecule has 47 heavy (non-hydrogen) atoms. The number of nitrogens with one attached hydrogen (secondary N) is 1. The first kappa shape index (κ1) is 30.2. The number of rotatable bonds is 4. The number of Topliss-reactive ketones (excluding diaryl/α,β-unsaturated/α-hetero) is 2. The second-order valence-electron chi connectivity index (χ2n) is 12.4. The first-order chi connectivity index (χ1) is 22.4. The van der Waals surface area contributed by atoms with Gasteiger partial charge >= 0.3 is 6.09 Å². The van der Waals surface area contributed by atoms with Crippen LogP contribution in [-0.2, 0) is 14.3 Å². The van der Waals surface area contributed by atoms with Crippen LogP contribution in [0.1, 0.15) is 52.2 Å². The highest BCUT2D eigenvalue weighted by Gasteiger charge is 2.64. The molecule has 2 amide bonds. The maximum atomic E-state index is 13.9. The zero-order valence-corrected chi connectivity index (χ0v) is 24.9. The van der Waals surface area contributed by atoms with Gasteiger partial charge in [0, 0.05) is 29.7 Å². The van der Waals surface area contributed by atoms with Crippen molar-refractivity contribution in [2.45, 2.75) is 36.9 Å². The number of phenolic OH excluding ortho intramolecular Hbond substituents is 1. The Kier molecular flexibility index (Phi) is 6.78. The minimum atomic E-state index is -2.94. The number of fused-ring (bicyclic) bond motifs is 6. The molecule has 0 bridgehead atoms. The number of ketones is 2. The molecule has 0 unspecified atom stereocenters. The van der Waals surface area contributed by atoms with Crippen molar-refractivity contribution in [2.24, 2.45) is 17.6 Å². The maximum Gasteiger partial charge on any atom is 0.411 e. The predicted octanol–water partition coefficient (Wildman–Crippen LogP) is 3.47. The summed E-state index contributed by atoms with van der Waals surface area (Å²) >= 11 is 0. The van der Waals surface area contributed by atoms with Gasteiger partial charge in [0.05, 0.1) is 17.4 Å². The van der Waals surface area contributed by atoms with Gasteiger partial charge in [-0.05, 0) is 39.8 Å². The molecule has 0 fully saturated rings. The van der Waals surface area contributed by atoms with Crippen molar-refractivity contribution in [1.82, 2.24) is 0 Å². The number of carbonyl (C=O) groups excluding carboxylic acids is 4. The zero-order chi connectivity index (χ0) is 33.5. The fourth-order valence-corrected chi connectivity index (χ4v) is 7.84. The zero-order valence-electron chi connectivity index (χ0n) is 24.9. The summed E-state index contributed by atoms with van der Waals surface area (Å²) < 4.78 is 5.57. The molecule has 0 aliphatic heterocycles. The number of nitrogens with two attached hydrogens (primary N) is 1. The van der Waals surface area contributed by atoms with Gasteiger partial charge in [-0.1, -0.05) is 61.5 Å².